The molecule has 3 heterocycles. The Balaban J connectivity index is 1.51. The normalized spacial score (nSPS) is 18.8. The molecule has 0 spiro atoms. The fourth-order valence-electron chi connectivity index (χ4n) is 5.55. The molecule has 9 N–H and O–H groups in total. The van der Waals surface area contributed by atoms with Gasteiger partial charge in [-0.05, 0) is 37.6 Å². The summed E-state index contributed by atoms with van der Waals surface area (Å²) in [5.74, 6) is -10.0. The van der Waals surface area contributed by atoms with Gasteiger partial charge in [0.1, 0.15) is 22.8 Å². The number of nitrogens with zero attached hydrogens (tertiary/aromatic N) is 4. The summed E-state index contributed by atoms with van der Waals surface area (Å²) < 4.78 is 13.9. The predicted octanol–water partition coefficient (Wildman–Crippen LogP) is 0.974. The summed E-state index contributed by atoms with van der Waals surface area (Å²) in [6.45, 7) is 4.62. The fraction of sp³-hybridized carbons (Fsp3) is 0.438. The van der Waals surface area contributed by atoms with E-state index in [4.69, 9.17) is 15.7 Å². The highest BCUT2D eigenvalue weighted by atomic mass is 32.2. The summed E-state index contributed by atoms with van der Waals surface area (Å²) in [5.41, 5.74) is 4.85. The highest BCUT2D eigenvalue weighted by molar-refractivity contribution is 8.00. The number of aromatic nitrogens is 1. The summed E-state index contributed by atoms with van der Waals surface area (Å²) in [6.07, 6.45) is -0.458. The molecule has 1 aromatic carbocycles. The summed E-state index contributed by atoms with van der Waals surface area (Å²) in [4.78, 5) is 86.7. The SMILES string of the molecule is CCCCCN(CCNC(=O)c1cc(O)c(O)c(F)c1)CC1=C(C(=O)O)N2C(=O)[C@@H](NC(=O)/C(=N\O[C@@H](CC(=O)O)C(=O)O)c3csc(N)n3)[C@H]2S[C@H]1C. The van der Waals surface area contributed by atoms with Crippen LogP contribution in [0, 0.1) is 5.82 Å². The van der Waals surface area contributed by atoms with E-state index in [0.717, 1.165) is 47.6 Å². The van der Waals surface area contributed by atoms with Gasteiger partial charge in [-0.2, -0.15) is 0 Å². The largest absolute Gasteiger partial charge is 0.504 e. The van der Waals surface area contributed by atoms with Crippen molar-refractivity contribution < 1.29 is 63.5 Å². The molecule has 0 radical (unpaired) electrons. The number of nitrogen functional groups attached to an aromatic ring is 1. The summed E-state index contributed by atoms with van der Waals surface area (Å²) in [6, 6.07) is 0.440. The first-order valence-corrected chi connectivity index (χ1v) is 18.2. The molecule has 1 fully saturated rings. The van der Waals surface area contributed by atoms with E-state index in [-0.39, 0.29) is 41.7 Å². The van der Waals surface area contributed by atoms with E-state index in [1.165, 1.54) is 17.1 Å². The quantitative estimate of drug-likeness (QED) is 0.0323. The van der Waals surface area contributed by atoms with Gasteiger partial charge in [-0.1, -0.05) is 24.9 Å². The first kappa shape index (κ1) is 41.3. The lowest BCUT2D eigenvalue weighted by Crippen LogP contribution is -2.71. The molecule has 2 aromatic rings. The molecule has 22 heteroatoms. The van der Waals surface area contributed by atoms with Gasteiger partial charge in [-0.25, -0.2) is 19.0 Å². The number of nitrogens with two attached hydrogens (primary N) is 1. The van der Waals surface area contributed by atoms with Crippen LogP contribution in [0.2, 0.25) is 0 Å². The molecule has 0 saturated carbocycles. The Labute approximate surface area is 314 Å². The number of rotatable bonds is 19. The number of anilines is 1. The van der Waals surface area contributed by atoms with Crippen LogP contribution in [0.5, 0.6) is 11.5 Å². The number of thiazole rings is 1. The topological polar surface area (TPSA) is 295 Å². The molecule has 292 valence electrons. The van der Waals surface area contributed by atoms with Gasteiger partial charge >= 0.3 is 17.9 Å². The second-order valence-electron chi connectivity index (χ2n) is 12.1. The smallest absolute Gasteiger partial charge is 0.352 e. The third-order valence-corrected chi connectivity index (χ3v) is 10.4. The average molecular weight is 796 g/mol. The molecular formula is C32H38FN7O12S2. The van der Waals surface area contributed by atoms with E-state index in [1.54, 1.807) is 6.92 Å². The van der Waals surface area contributed by atoms with Gasteiger partial charge in [0.05, 0.1) is 6.42 Å². The molecule has 2 aliphatic heterocycles. The number of hydrogen-bond donors (Lipinski definition) is 8. The first-order valence-electron chi connectivity index (χ1n) is 16.4. The van der Waals surface area contributed by atoms with Gasteiger partial charge in [0.25, 0.3) is 17.7 Å². The number of benzene rings is 1. The molecule has 1 saturated heterocycles. The second kappa shape index (κ2) is 18.0. The number of unbranched alkanes of at least 4 members (excludes halogenated alkanes) is 2. The maximum atomic E-state index is 13.9. The molecule has 0 unspecified atom stereocenters. The van der Waals surface area contributed by atoms with E-state index in [0.29, 0.717) is 12.1 Å². The summed E-state index contributed by atoms with van der Waals surface area (Å²) in [5, 5.41) is 56.4. The van der Waals surface area contributed by atoms with Crippen molar-refractivity contribution in [2.24, 2.45) is 5.16 Å². The lowest BCUT2D eigenvalue weighted by Gasteiger charge is -2.51. The Morgan fingerprint density at radius 2 is 1.87 bits per heavy atom. The number of nitrogens with one attached hydrogen (secondary N) is 2. The van der Waals surface area contributed by atoms with Gasteiger partial charge in [0, 0.05) is 35.8 Å². The number of fused-ring (bicyclic) bond motifs is 1. The number of carboxylic acid groups (broad SMARTS) is 3. The zero-order valence-corrected chi connectivity index (χ0v) is 30.5. The van der Waals surface area contributed by atoms with Crippen LogP contribution in [0.1, 0.15) is 55.6 Å². The number of carboxylic acids is 3. The van der Waals surface area contributed by atoms with Crippen LogP contribution in [0.25, 0.3) is 0 Å². The number of carbonyl (C=O) groups excluding carboxylic acids is 3. The number of phenolic OH excluding ortho intramolecular Hbond substituents is 2. The Hall–Kier alpha value is -5.48. The third-order valence-electron chi connectivity index (χ3n) is 8.29. The van der Waals surface area contributed by atoms with Crippen molar-refractivity contribution in [3.63, 3.8) is 0 Å². The van der Waals surface area contributed by atoms with Crippen molar-refractivity contribution in [2.45, 2.75) is 62.3 Å². The number of halogens is 1. The van der Waals surface area contributed by atoms with Crippen LogP contribution in [-0.4, -0.2) is 131 Å². The molecule has 4 rings (SSSR count). The van der Waals surface area contributed by atoms with Gasteiger partial charge in [-0.3, -0.25) is 29.0 Å². The zero-order valence-electron chi connectivity index (χ0n) is 28.9. The zero-order chi connectivity index (χ0) is 39.9. The Kier molecular flexibility index (Phi) is 13.8. The summed E-state index contributed by atoms with van der Waals surface area (Å²) in [7, 11) is 0. The number of β-lactam (4-membered cyclic amide) rings is 1. The highest BCUT2D eigenvalue weighted by Crippen LogP contribution is 2.44. The first-order chi connectivity index (χ1) is 25.5. The lowest BCUT2D eigenvalue weighted by molar-refractivity contribution is -0.156. The average Bonchev–Trinajstić information content (AvgIpc) is 3.54. The lowest BCUT2D eigenvalue weighted by atomic mass is 10.00. The number of phenols is 2. The number of oxime groups is 1. The minimum absolute atomic E-state index is 0.0104. The number of aliphatic carboxylic acids is 3. The molecule has 1 aromatic heterocycles. The van der Waals surface area contributed by atoms with Crippen molar-refractivity contribution in [3.8, 4) is 11.5 Å². The maximum absolute atomic E-state index is 13.9. The Bertz CT molecular complexity index is 1850. The third kappa shape index (κ3) is 9.73. The van der Waals surface area contributed by atoms with E-state index < -0.39 is 87.8 Å². The molecule has 0 bridgehead atoms. The van der Waals surface area contributed by atoms with E-state index >= 15 is 0 Å². The Morgan fingerprint density at radius 3 is 2.46 bits per heavy atom. The molecular weight excluding hydrogens is 758 g/mol. The van der Waals surface area contributed by atoms with Crippen molar-refractivity contribution in [2.75, 3.05) is 31.9 Å². The maximum Gasteiger partial charge on any atom is 0.352 e. The summed E-state index contributed by atoms with van der Waals surface area (Å²) >= 11 is 2.12. The van der Waals surface area contributed by atoms with Crippen LogP contribution in [0.3, 0.4) is 0 Å². The minimum atomic E-state index is -1.96. The standard InChI is InChI=1S/C32H38FN7O12S2/c1-3-4-5-7-39(8-6-35-26(45)15-9-17(33)25(44)19(41)10-15)12-16-14(2)54-29-23(28(47)40(29)24(16)31(50)51)37-27(46)22(18-13-53-32(34)36-18)38-52-20(30(48)49)11-21(42)43/h9-10,13-14,20,23,29,41,44H,3-8,11-12H2,1-2H3,(H2,34,36)(H,35,45)(H,37,46)(H,42,43)(H,48,49)(H,50,51)/b38-22-/t14-,20-,23+,29+/m0/s1. The van der Waals surface area contributed by atoms with E-state index in [2.05, 4.69) is 20.8 Å². The number of carbonyl (C=O) groups is 6. The molecule has 3 amide bonds. The van der Waals surface area contributed by atoms with Crippen LogP contribution in [0.4, 0.5) is 9.52 Å². The Morgan fingerprint density at radius 1 is 1.15 bits per heavy atom. The van der Waals surface area contributed by atoms with Gasteiger partial charge in [0.2, 0.25) is 6.10 Å². The highest BCUT2D eigenvalue weighted by Gasteiger charge is 2.56. The van der Waals surface area contributed by atoms with Crippen molar-refractivity contribution >= 4 is 69.6 Å². The van der Waals surface area contributed by atoms with Crippen molar-refractivity contribution in [1.82, 2.24) is 25.4 Å². The van der Waals surface area contributed by atoms with Crippen LogP contribution >= 0.6 is 23.1 Å². The number of hydrogen-bond acceptors (Lipinski definition) is 15. The van der Waals surface area contributed by atoms with E-state index in [1.807, 2.05) is 11.8 Å². The van der Waals surface area contributed by atoms with Crippen LogP contribution in [-0.2, 0) is 28.8 Å². The second-order valence-corrected chi connectivity index (χ2v) is 14.5. The number of aromatic hydroxyl groups is 2. The minimum Gasteiger partial charge on any atom is -0.504 e. The van der Waals surface area contributed by atoms with Crippen LogP contribution < -0.4 is 16.4 Å². The van der Waals surface area contributed by atoms with Crippen molar-refractivity contribution in [3.05, 3.63) is 45.9 Å². The number of thioether (sulfide) groups is 1. The monoisotopic (exact) mass is 795 g/mol. The van der Waals surface area contributed by atoms with Crippen molar-refractivity contribution in [1.29, 1.82) is 0 Å². The predicted molar refractivity (Wildman–Crippen MR) is 190 cm³/mol. The van der Waals surface area contributed by atoms with Gasteiger partial charge < -0.3 is 46.7 Å². The molecule has 2 aliphatic rings. The van der Waals surface area contributed by atoms with E-state index in [9.17, 15) is 53.6 Å². The number of amides is 3. The fourth-order valence-corrected chi connectivity index (χ4v) is 7.54. The van der Waals surface area contributed by atoms with Gasteiger partial charge in [-0.15, -0.1) is 23.1 Å². The molecule has 19 nitrogen and oxygen atoms in total. The van der Waals surface area contributed by atoms with Gasteiger partial charge in [0.15, 0.2) is 28.2 Å². The molecule has 4 atom stereocenters. The molecule has 0 aliphatic carbocycles. The van der Waals surface area contributed by atoms with Crippen LogP contribution in [0.15, 0.2) is 33.9 Å². The molecule has 54 heavy (non-hydrogen) atoms.